The third-order valence-corrected chi connectivity index (χ3v) is 2.87. The Morgan fingerprint density at radius 1 is 1.23 bits per heavy atom. The maximum absolute atomic E-state index is 3.60. The van der Waals surface area contributed by atoms with Crippen molar-refractivity contribution in [3.05, 3.63) is 33.9 Å². The first-order valence-electron chi connectivity index (χ1n) is 4.84. The summed E-state index contributed by atoms with van der Waals surface area (Å²) in [6, 6.07) is 0. The fraction of sp³-hybridized carbons (Fsp3) is 0.500. The van der Waals surface area contributed by atoms with Crippen LogP contribution in [0.2, 0.25) is 0 Å². The predicted octanol–water partition coefficient (Wildman–Crippen LogP) is 4.98. The van der Waals surface area contributed by atoms with Gasteiger partial charge in [0.25, 0.3) is 0 Å². The summed E-state index contributed by atoms with van der Waals surface area (Å²) in [4.78, 5) is 0. The van der Waals surface area contributed by atoms with Crippen LogP contribution in [0.3, 0.4) is 0 Å². The molecule has 0 radical (unpaired) electrons. The van der Waals surface area contributed by atoms with Gasteiger partial charge in [-0.1, -0.05) is 47.5 Å². The van der Waals surface area contributed by atoms with E-state index in [9.17, 15) is 0 Å². The molecule has 0 amide bonds. The van der Waals surface area contributed by atoms with Gasteiger partial charge in [-0.15, -0.1) is 0 Å². The molecule has 0 aliphatic rings. The van der Waals surface area contributed by atoms with E-state index in [0.29, 0.717) is 0 Å². The van der Waals surface area contributed by atoms with Gasteiger partial charge in [0.15, 0.2) is 0 Å². The minimum Gasteiger partial charge on any atom is -0.0876 e. The molecule has 0 unspecified atom stereocenters. The smallest absolute Gasteiger partial charge is 0.0206 e. The first-order valence-corrected chi connectivity index (χ1v) is 5.64. The highest BCUT2D eigenvalue weighted by Gasteiger charge is 2.01. The van der Waals surface area contributed by atoms with Crippen molar-refractivity contribution < 1.29 is 0 Å². The van der Waals surface area contributed by atoms with Crippen LogP contribution in [0, 0.1) is 0 Å². The molecular weight excluding hydrogens is 224 g/mol. The van der Waals surface area contributed by atoms with Crippen molar-refractivity contribution in [3.63, 3.8) is 0 Å². The molecule has 0 aliphatic heterocycles. The predicted molar refractivity (Wildman–Crippen MR) is 65.1 cm³/mol. The molecule has 0 aromatic rings. The molecule has 0 aromatic heterocycles. The van der Waals surface area contributed by atoms with E-state index in [1.165, 1.54) is 15.6 Å². The molecule has 0 atom stereocenters. The van der Waals surface area contributed by atoms with Crippen molar-refractivity contribution in [2.75, 3.05) is 0 Å². The SMILES string of the molecule is C\C=C/C=C(Br)\C(CC)=C(/C)CC. The van der Waals surface area contributed by atoms with E-state index in [-0.39, 0.29) is 0 Å². The first-order chi connectivity index (χ1) is 6.17. The Balaban J connectivity index is 4.78. The van der Waals surface area contributed by atoms with E-state index in [1.807, 2.05) is 13.0 Å². The lowest BCUT2D eigenvalue weighted by Crippen LogP contribution is -1.86. The Kier molecular flexibility index (Phi) is 6.97. The molecule has 0 spiro atoms. The van der Waals surface area contributed by atoms with Crippen LogP contribution in [-0.4, -0.2) is 0 Å². The van der Waals surface area contributed by atoms with Gasteiger partial charge in [0, 0.05) is 4.48 Å². The molecule has 0 rings (SSSR count). The minimum atomic E-state index is 1.09. The lowest BCUT2D eigenvalue weighted by Gasteiger charge is -2.07. The number of allylic oxidation sites excluding steroid dienone is 6. The Labute approximate surface area is 90.6 Å². The fourth-order valence-corrected chi connectivity index (χ4v) is 1.94. The van der Waals surface area contributed by atoms with E-state index in [0.717, 1.165) is 12.8 Å². The molecule has 0 aliphatic carbocycles. The lowest BCUT2D eigenvalue weighted by atomic mass is 10.0. The zero-order chi connectivity index (χ0) is 10.3. The second kappa shape index (κ2) is 7.14. The van der Waals surface area contributed by atoms with Crippen LogP contribution in [0.25, 0.3) is 0 Å². The number of halogens is 1. The highest BCUT2D eigenvalue weighted by molar-refractivity contribution is 9.12. The zero-order valence-electron chi connectivity index (χ0n) is 9.02. The number of hydrogen-bond donors (Lipinski definition) is 0. The van der Waals surface area contributed by atoms with Gasteiger partial charge in [0.1, 0.15) is 0 Å². The van der Waals surface area contributed by atoms with Crippen molar-refractivity contribution in [3.8, 4) is 0 Å². The third-order valence-electron chi connectivity index (χ3n) is 2.12. The van der Waals surface area contributed by atoms with Crippen LogP contribution in [0.4, 0.5) is 0 Å². The molecule has 0 N–H and O–H groups in total. The molecule has 0 saturated heterocycles. The molecule has 13 heavy (non-hydrogen) atoms. The van der Waals surface area contributed by atoms with E-state index >= 15 is 0 Å². The summed E-state index contributed by atoms with van der Waals surface area (Å²) in [5.74, 6) is 0. The molecule has 0 nitrogen and oxygen atoms in total. The molecule has 0 bridgehead atoms. The molecule has 0 fully saturated rings. The Hall–Kier alpha value is -0.300. The van der Waals surface area contributed by atoms with Gasteiger partial charge in [-0.25, -0.2) is 0 Å². The van der Waals surface area contributed by atoms with E-state index < -0.39 is 0 Å². The van der Waals surface area contributed by atoms with Crippen LogP contribution in [0.1, 0.15) is 40.5 Å². The number of hydrogen-bond acceptors (Lipinski definition) is 0. The van der Waals surface area contributed by atoms with Crippen LogP contribution in [0.15, 0.2) is 33.9 Å². The van der Waals surface area contributed by atoms with Gasteiger partial charge in [-0.2, -0.15) is 0 Å². The van der Waals surface area contributed by atoms with Gasteiger partial charge >= 0.3 is 0 Å². The van der Waals surface area contributed by atoms with Crippen LogP contribution in [0.5, 0.6) is 0 Å². The summed E-state index contributed by atoms with van der Waals surface area (Å²) in [6.07, 6.45) is 8.42. The molecule has 0 heterocycles. The fourth-order valence-electron chi connectivity index (χ4n) is 1.17. The molecular formula is C12H19Br. The standard InChI is InChI=1S/C12H19Br/c1-5-8-9-12(13)11(7-3)10(4)6-2/h5,8-9H,6-7H2,1-4H3/b8-5-,11-10+,12-9+. The van der Waals surface area contributed by atoms with E-state index in [4.69, 9.17) is 0 Å². The third kappa shape index (κ3) is 4.47. The molecule has 1 heteroatoms. The van der Waals surface area contributed by atoms with Crippen molar-refractivity contribution in [2.45, 2.75) is 40.5 Å². The monoisotopic (exact) mass is 242 g/mol. The summed E-state index contributed by atoms with van der Waals surface area (Å²) < 4.78 is 1.22. The Bertz CT molecular complexity index is 232. The van der Waals surface area contributed by atoms with Gasteiger partial charge in [0.05, 0.1) is 0 Å². The van der Waals surface area contributed by atoms with E-state index in [2.05, 4.69) is 48.9 Å². The van der Waals surface area contributed by atoms with E-state index in [1.54, 1.807) is 0 Å². The van der Waals surface area contributed by atoms with Crippen LogP contribution < -0.4 is 0 Å². The summed E-state index contributed by atoms with van der Waals surface area (Å²) >= 11 is 3.60. The maximum atomic E-state index is 3.60. The van der Waals surface area contributed by atoms with Crippen LogP contribution in [-0.2, 0) is 0 Å². The topological polar surface area (TPSA) is 0 Å². The molecule has 74 valence electrons. The first kappa shape index (κ1) is 12.7. The summed E-state index contributed by atoms with van der Waals surface area (Å²) in [7, 11) is 0. The van der Waals surface area contributed by atoms with Crippen molar-refractivity contribution >= 4 is 15.9 Å². The van der Waals surface area contributed by atoms with Gasteiger partial charge in [0.2, 0.25) is 0 Å². The molecule has 0 aromatic carbocycles. The zero-order valence-corrected chi connectivity index (χ0v) is 10.6. The minimum absolute atomic E-state index is 1.09. The molecule has 0 saturated carbocycles. The second-order valence-corrected chi connectivity index (χ2v) is 3.86. The summed E-state index contributed by atoms with van der Waals surface area (Å²) in [5, 5.41) is 0. The highest BCUT2D eigenvalue weighted by Crippen LogP contribution is 2.25. The quantitative estimate of drug-likeness (QED) is 0.611. The Morgan fingerprint density at radius 2 is 1.85 bits per heavy atom. The lowest BCUT2D eigenvalue weighted by molar-refractivity contribution is 1.01. The van der Waals surface area contributed by atoms with Crippen molar-refractivity contribution in [2.24, 2.45) is 0 Å². The average Bonchev–Trinajstić information content (AvgIpc) is 2.15. The van der Waals surface area contributed by atoms with Gasteiger partial charge < -0.3 is 0 Å². The van der Waals surface area contributed by atoms with Gasteiger partial charge in [-0.05, 0) is 38.3 Å². The van der Waals surface area contributed by atoms with Crippen molar-refractivity contribution in [1.82, 2.24) is 0 Å². The highest BCUT2D eigenvalue weighted by atomic mass is 79.9. The normalized spacial score (nSPS) is 15.0. The second-order valence-electron chi connectivity index (χ2n) is 3.01. The largest absolute Gasteiger partial charge is 0.0876 e. The maximum Gasteiger partial charge on any atom is 0.0206 e. The summed E-state index contributed by atoms with van der Waals surface area (Å²) in [5.41, 5.74) is 2.90. The average molecular weight is 243 g/mol. The Morgan fingerprint density at radius 3 is 2.23 bits per heavy atom. The van der Waals surface area contributed by atoms with Crippen LogP contribution >= 0.6 is 15.9 Å². The van der Waals surface area contributed by atoms with Gasteiger partial charge in [-0.3, -0.25) is 0 Å². The number of rotatable bonds is 4. The van der Waals surface area contributed by atoms with Crippen molar-refractivity contribution in [1.29, 1.82) is 0 Å². The summed E-state index contributed by atoms with van der Waals surface area (Å²) in [6.45, 7) is 8.61.